The molecule has 0 aromatic rings. The van der Waals surface area contributed by atoms with E-state index in [0.29, 0.717) is 6.04 Å². The monoisotopic (exact) mass is 175 g/mol. The third-order valence-electron chi connectivity index (χ3n) is 1.52. The molecular weight excluding hydrogens is 162 g/mol. The van der Waals surface area contributed by atoms with E-state index in [1.807, 2.05) is 7.05 Å². The fourth-order valence-corrected chi connectivity index (χ4v) is 0.612. The smallest absolute Gasteiger partial charge is 0.244 e. The normalized spacial score (nSPS) is 11.8. The van der Waals surface area contributed by atoms with Crippen molar-refractivity contribution < 1.29 is 4.79 Å². The van der Waals surface area contributed by atoms with Crippen LogP contribution in [0.2, 0.25) is 0 Å². The summed E-state index contributed by atoms with van der Waals surface area (Å²) in [5, 5.41) is -0.415. The van der Waals surface area contributed by atoms with Crippen molar-refractivity contribution in [3.05, 3.63) is 12.2 Å². The van der Waals surface area contributed by atoms with E-state index in [9.17, 15) is 4.79 Å². The zero-order valence-corrected chi connectivity index (χ0v) is 7.93. The Hall–Kier alpha value is -0.340. The average Bonchev–Trinajstić information content (AvgIpc) is 1.86. The van der Waals surface area contributed by atoms with Gasteiger partial charge in [-0.15, -0.1) is 0 Å². The molecule has 0 aromatic heterocycles. The van der Waals surface area contributed by atoms with Crippen LogP contribution < -0.4 is 0 Å². The second-order valence-electron chi connectivity index (χ2n) is 2.74. The molecule has 0 bridgehead atoms. The number of halogens is 1. The van der Waals surface area contributed by atoms with E-state index in [1.54, 1.807) is 6.08 Å². The van der Waals surface area contributed by atoms with E-state index in [4.69, 9.17) is 11.6 Å². The van der Waals surface area contributed by atoms with Gasteiger partial charge in [0, 0.05) is 12.6 Å². The zero-order valence-electron chi connectivity index (χ0n) is 7.17. The van der Waals surface area contributed by atoms with Crippen molar-refractivity contribution >= 4 is 16.8 Å². The molecule has 0 aromatic carbocycles. The van der Waals surface area contributed by atoms with Gasteiger partial charge in [-0.3, -0.25) is 4.79 Å². The molecule has 0 aliphatic carbocycles. The molecular formula is C8H14ClNO. The van der Waals surface area contributed by atoms with E-state index in [0.717, 1.165) is 6.54 Å². The maximum absolute atomic E-state index is 10.3. The molecule has 11 heavy (non-hydrogen) atoms. The lowest BCUT2D eigenvalue weighted by Crippen LogP contribution is -2.26. The highest BCUT2D eigenvalue weighted by Gasteiger charge is 1.98. The van der Waals surface area contributed by atoms with Crippen LogP contribution in [-0.4, -0.2) is 29.8 Å². The molecule has 0 N–H and O–H groups in total. The molecule has 2 nitrogen and oxygen atoms in total. The van der Waals surface area contributed by atoms with Crippen LogP contribution in [-0.2, 0) is 4.79 Å². The molecule has 3 heteroatoms. The molecule has 0 saturated heterocycles. The SMILES string of the molecule is CC(C)N(C)C/C=C/C(=O)Cl. The first kappa shape index (κ1) is 10.7. The Morgan fingerprint density at radius 2 is 2.18 bits per heavy atom. The first-order chi connectivity index (χ1) is 5.04. The standard InChI is InChI=1S/C8H14ClNO/c1-7(2)10(3)6-4-5-8(9)11/h4-5,7H,6H2,1-3H3/b5-4+. The van der Waals surface area contributed by atoms with Crippen molar-refractivity contribution in [2.75, 3.05) is 13.6 Å². The number of carbonyl (C=O) groups is 1. The maximum atomic E-state index is 10.3. The number of nitrogens with zero attached hydrogens (tertiary/aromatic N) is 1. The molecule has 64 valence electrons. The summed E-state index contributed by atoms with van der Waals surface area (Å²) in [6, 6.07) is 0.491. The summed E-state index contributed by atoms with van der Waals surface area (Å²) in [5.41, 5.74) is 0. The van der Waals surface area contributed by atoms with E-state index in [1.165, 1.54) is 6.08 Å². The van der Waals surface area contributed by atoms with E-state index in [-0.39, 0.29) is 0 Å². The quantitative estimate of drug-likeness (QED) is 0.479. The molecule has 0 aliphatic rings. The van der Waals surface area contributed by atoms with Crippen LogP contribution in [0.5, 0.6) is 0 Å². The molecule has 0 atom stereocenters. The minimum Gasteiger partial charge on any atom is -0.300 e. The second kappa shape index (κ2) is 5.33. The Kier molecular flexibility index (Phi) is 5.16. The van der Waals surface area contributed by atoms with Gasteiger partial charge in [-0.2, -0.15) is 0 Å². The summed E-state index contributed by atoms with van der Waals surface area (Å²) in [6.45, 7) is 4.95. The third-order valence-corrected chi connectivity index (χ3v) is 1.65. The maximum Gasteiger partial charge on any atom is 0.244 e. The number of carbonyl (C=O) groups excluding carboxylic acids is 1. The molecule has 0 radical (unpaired) electrons. The molecule has 0 rings (SSSR count). The Morgan fingerprint density at radius 3 is 2.55 bits per heavy atom. The number of allylic oxidation sites excluding steroid dienone is 1. The highest BCUT2D eigenvalue weighted by molar-refractivity contribution is 6.66. The van der Waals surface area contributed by atoms with E-state index >= 15 is 0 Å². The summed E-state index contributed by atoms with van der Waals surface area (Å²) >= 11 is 5.10. The Balaban J connectivity index is 3.61. The first-order valence-electron chi connectivity index (χ1n) is 3.60. The molecule has 0 aliphatic heterocycles. The lowest BCUT2D eigenvalue weighted by molar-refractivity contribution is -0.107. The number of hydrogen-bond acceptors (Lipinski definition) is 2. The van der Waals surface area contributed by atoms with Gasteiger partial charge < -0.3 is 4.90 Å². The predicted octanol–water partition coefficient (Wildman–Crippen LogP) is 1.65. The fraction of sp³-hybridized carbons (Fsp3) is 0.625. The van der Waals surface area contributed by atoms with Gasteiger partial charge in [0.15, 0.2) is 0 Å². The van der Waals surface area contributed by atoms with Crippen LogP contribution in [0.4, 0.5) is 0 Å². The first-order valence-corrected chi connectivity index (χ1v) is 3.98. The van der Waals surface area contributed by atoms with Gasteiger partial charge in [0.2, 0.25) is 5.24 Å². The Labute approximate surface area is 72.8 Å². The number of likely N-dealkylation sites (N-methyl/N-ethyl adjacent to an activating group) is 1. The summed E-state index contributed by atoms with van der Waals surface area (Å²) < 4.78 is 0. The lowest BCUT2D eigenvalue weighted by Gasteiger charge is -2.18. The van der Waals surface area contributed by atoms with Crippen molar-refractivity contribution in [1.82, 2.24) is 4.90 Å². The fourth-order valence-electron chi connectivity index (χ4n) is 0.522. The van der Waals surface area contributed by atoms with Crippen molar-refractivity contribution in [2.24, 2.45) is 0 Å². The van der Waals surface area contributed by atoms with Crippen molar-refractivity contribution in [2.45, 2.75) is 19.9 Å². The average molecular weight is 176 g/mol. The van der Waals surface area contributed by atoms with Gasteiger partial charge >= 0.3 is 0 Å². The third kappa shape index (κ3) is 6.07. The zero-order chi connectivity index (χ0) is 8.85. The number of hydrogen-bond donors (Lipinski definition) is 0. The van der Waals surface area contributed by atoms with Gasteiger partial charge in [-0.05, 0) is 38.6 Å². The molecule has 0 unspecified atom stereocenters. The Morgan fingerprint density at radius 1 is 1.64 bits per heavy atom. The van der Waals surface area contributed by atoms with Crippen LogP contribution in [0.1, 0.15) is 13.8 Å². The van der Waals surface area contributed by atoms with Gasteiger partial charge in [0.05, 0.1) is 0 Å². The molecule has 0 saturated carbocycles. The summed E-state index contributed by atoms with van der Waals surface area (Å²) in [7, 11) is 1.99. The molecule has 0 fully saturated rings. The Bertz CT molecular complexity index is 154. The van der Waals surface area contributed by atoms with Crippen LogP contribution >= 0.6 is 11.6 Å². The second-order valence-corrected chi connectivity index (χ2v) is 3.11. The largest absolute Gasteiger partial charge is 0.300 e. The molecule has 0 heterocycles. The van der Waals surface area contributed by atoms with Crippen LogP contribution in [0, 0.1) is 0 Å². The van der Waals surface area contributed by atoms with Gasteiger partial charge in [-0.25, -0.2) is 0 Å². The summed E-state index contributed by atoms with van der Waals surface area (Å²) in [5.74, 6) is 0. The van der Waals surface area contributed by atoms with Crippen LogP contribution in [0.3, 0.4) is 0 Å². The predicted molar refractivity (Wildman–Crippen MR) is 47.8 cm³/mol. The minimum absolute atomic E-state index is 0.415. The van der Waals surface area contributed by atoms with Crippen molar-refractivity contribution in [3.63, 3.8) is 0 Å². The summed E-state index contributed by atoms with van der Waals surface area (Å²) in [6.07, 6.45) is 3.13. The molecule has 0 amide bonds. The number of rotatable bonds is 4. The van der Waals surface area contributed by atoms with Gasteiger partial charge in [-0.1, -0.05) is 6.08 Å². The highest BCUT2D eigenvalue weighted by atomic mass is 35.5. The van der Waals surface area contributed by atoms with Crippen molar-refractivity contribution in [3.8, 4) is 0 Å². The summed E-state index contributed by atoms with van der Waals surface area (Å²) in [4.78, 5) is 12.4. The molecule has 0 spiro atoms. The van der Waals surface area contributed by atoms with E-state index in [2.05, 4.69) is 18.7 Å². The van der Waals surface area contributed by atoms with Crippen LogP contribution in [0.25, 0.3) is 0 Å². The minimum atomic E-state index is -0.415. The van der Waals surface area contributed by atoms with Crippen LogP contribution in [0.15, 0.2) is 12.2 Å². The lowest BCUT2D eigenvalue weighted by atomic mass is 10.3. The van der Waals surface area contributed by atoms with Gasteiger partial charge in [0.1, 0.15) is 0 Å². The highest BCUT2D eigenvalue weighted by Crippen LogP contribution is 1.93. The van der Waals surface area contributed by atoms with E-state index < -0.39 is 5.24 Å². The topological polar surface area (TPSA) is 20.3 Å². The van der Waals surface area contributed by atoms with Gasteiger partial charge in [0.25, 0.3) is 0 Å². The van der Waals surface area contributed by atoms with Crippen molar-refractivity contribution in [1.29, 1.82) is 0 Å².